The number of benzene rings is 1. The highest BCUT2D eigenvalue weighted by Crippen LogP contribution is 2.30. The summed E-state index contributed by atoms with van der Waals surface area (Å²) in [7, 11) is 0. The average Bonchev–Trinajstić information content (AvgIpc) is 3.24. The third kappa shape index (κ3) is 3.19. The quantitative estimate of drug-likeness (QED) is 0.486. The Kier molecular flexibility index (Phi) is 3.71. The number of imidazole rings is 1. The molecule has 1 aliphatic carbocycles. The van der Waals surface area contributed by atoms with Crippen molar-refractivity contribution in [2.45, 2.75) is 25.8 Å². The fourth-order valence-electron chi connectivity index (χ4n) is 3.00. The predicted octanol–water partition coefficient (Wildman–Crippen LogP) is 4.06. The molecule has 4 aromatic rings. The fraction of sp³-hybridized carbons (Fsp3) is 0.211. The van der Waals surface area contributed by atoms with Crippen LogP contribution in [-0.2, 0) is 0 Å². The van der Waals surface area contributed by atoms with Crippen LogP contribution in [0.25, 0.3) is 16.9 Å². The molecule has 0 atom stereocenters. The summed E-state index contributed by atoms with van der Waals surface area (Å²) in [5, 5.41) is 14.6. The van der Waals surface area contributed by atoms with Crippen molar-refractivity contribution in [2.75, 3.05) is 16.4 Å². The molecule has 0 radical (unpaired) electrons. The Labute approximate surface area is 160 Å². The summed E-state index contributed by atoms with van der Waals surface area (Å²) in [6, 6.07) is 10.7. The van der Waals surface area contributed by atoms with Crippen LogP contribution in [0.1, 0.15) is 17.8 Å². The minimum absolute atomic E-state index is 0.512. The Balaban J connectivity index is 1.50. The number of hydrogen-bond donors (Lipinski definition) is 3. The summed E-state index contributed by atoms with van der Waals surface area (Å²) in [4.78, 5) is 8.95. The van der Waals surface area contributed by atoms with E-state index < -0.39 is 0 Å². The van der Waals surface area contributed by atoms with Crippen LogP contribution < -0.4 is 16.4 Å². The summed E-state index contributed by atoms with van der Waals surface area (Å²) in [5.74, 6) is 1.22. The first-order valence-corrected chi connectivity index (χ1v) is 9.74. The van der Waals surface area contributed by atoms with Crippen molar-refractivity contribution < 1.29 is 0 Å². The number of thiazole rings is 1. The molecule has 3 aromatic heterocycles. The molecule has 1 aliphatic rings. The molecule has 0 bridgehead atoms. The summed E-state index contributed by atoms with van der Waals surface area (Å²) in [6.45, 7) is 2.01. The highest BCUT2D eigenvalue weighted by molar-refractivity contribution is 7.09. The third-order valence-electron chi connectivity index (χ3n) is 4.48. The molecular formula is C19H19N7S. The van der Waals surface area contributed by atoms with Crippen molar-refractivity contribution in [3.8, 4) is 11.3 Å². The van der Waals surface area contributed by atoms with Gasteiger partial charge in [-0.2, -0.15) is 4.52 Å². The second-order valence-corrected chi connectivity index (χ2v) is 7.80. The molecule has 0 spiro atoms. The lowest BCUT2D eigenvalue weighted by atomic mass is 10.1. The highest BCUT2D eigenvalue weighted by Gasteiger charge is 2.23. The van der Waals surface area contributed by atoms with E-state index in [0.29, 0.717) is 17.7 Å². The highest BCUT2D eigenvalue weighted by atomic mass is 32.1. The maximum atomic E-state index is 6.03. The average molecular weight is 377 g/mol. The normalized spacial score (nSPS) is 13.8. The van der Waals surface area contributed by atoms with Crippen LogP contribution in [0.3, 0.4) is 0 Å². The van der Waals surface area contributed by atoms with Gasteiger partial charge in [-0.3, -0.25) is 0 Å². The summed E-state index contributed by atoms with van der Waals surface area (Å²) >= 11 is 1.65. The monoisotopic (exact) mass is 377 g/mol. The number of fused-ring (bicyclic) bond motifs is 1. The van der Waals surface area contributed by atoms with Gasteiger partial charge in [0.2, 0.25) is 0 Å². The van der Waals surface area contributed by atoms with Crippen molar-refractivity contribution in [1.29, 1.82) is 0 Å². The van der Waals surface area contributed by atoms with E-state index in [0.717, 1.165) is 33.3 Å². The van der Waals surface area contributed by atoms with Crippen LogP contribution >= 0.6 is 11.3 Å². The zero-order chi connectivity index (χ0) is 18.4. The van der Waals surface area contributed by atoms with Crippen molar-refractivity contribution in [2.24, 2.45) is 0 Å². The van der Waals surface area contributed by atoms with E-state index in [-0.39, 0.29) is 0 Å². The van der Waals surface area contributed by atoms with Crippen molar-refractivity contribution in [3.63, 3.8) is 0 Å². The third-order valence-corrected chi connectivity index (χ3v) is 5.25. The van der Waals surface area contributed by atoms with E-state index in [1.54, 1.807) is 22.0 Å². The van der Waals surface area contributed by atoms with E-state index in [1.807, 2.05) is 25.1 Å². The maximum absolute atomic E-state index is 6.03. The van der Waals surface area contributed by atoms with Crippen LogP contribution in [-0.4, -0.2) is 25.6 Å². The zero-order valence-electron chi connectivity index (χ0n) is 14.8. The lowest BCUT2D eigenvalue weighted by Crippen LogP contribution is -2.08. The number of nitrogen functional groups attached to an aromatic ring is 1. The van der Waals surface area contributed by atoms with Crippen LogP contribution in [0.15, 0.2) is 41.9 Å². The first-order valence-electron chi connectivity index (χ1n) is 8.86. The molecule has 0 aliphatic heterocycles. The summed E-state index contributed by atoms with van der Waals surface area (Å²) in [5.41, 5.74) is 10.7. The van der Waals surface area contributed by atoms with Gasteiger partial charge >= 0.3 is 0 Å². The molecule has 3 heterocycles. The molecule has 1 aromatic carbocycles. The second kappa shape index (κ2) is 6.24. The molecule has 4 N–H and O–H groups in total. The number of hydrogen-bond acceptors (Lipinski definition) is 7. The number of aryl methyl sites for hydroxylation is 1. The minimum atomic E-state index is 0.512. The molecule has 1 fully saturated rings. The number of nitrogens with zero attached hydrogens (tertiary/aromatic N) is 4. The number of rotatable bonds is 5. The smallest absolute Gasteiger partial charge is 0.179 e. The zero-order valence-corrected chi connectivity index (χ0v) is 15.6. The Bertz CT molecular complexity index is 1130. The Morgan fingerprint density at radius 1 is 1.26 bits per heavy atom. The van der Waals surface area contributed by atoms with Crippen LogP contribution in [0.5, 0.6) is 0 Å². The molecule has 0 saturated heterocycles. The van der Waals surface area contributed by atoms with Crippen LogP contribution in [0.2, 0.25) is 0 Å². The van der Waals surface area contributed by atoms with E-state index in [4.69, 9.17) is 5.73 Å². The van der Waals surface area contributed by atoms with E-state index in [2.05, 4.69) is 43.2 Å². The molecule has 0 amide bonds. The van der Waals surface area contributed by atoms with Gasteiger partial charge in [-0.25, -0.2) is 9.97 Å². The summed E-state index contributed by atoms with van der Waals surface area (Å²) < 4.78 is 1.67. The molecule has 5 rings (SSSR count). The molecule has 136 valence electrons. The first-order chi connectivity index (χ1) is 13.2. The van der Waals surface area contributed by atoms with Gasteiger partial charge in [0.1, 0.15) is 5.82 Å². The fourth-order valence-corrected chi connectivity index (χ4v) is 3.62. The SMILES string of the molecule is Cc1nc(-c2cccc(Nc3cc(NC4CC4)c4ncc(N)n4n3)c2)cs1. The number of nitrogens with one attached hydrogen (secondary N) is 2. The molecule has 27 heavy (non-hydrogen) atoms. The number of aromatic nitrogens is 4. The predicted molar refractivity (Wildman–Crippen MR) is 110 cm³/mol. The molecule has 0 unspecified atom stereocenters. The molecule has 8 heteroatoms. The lowest BCUT2D eigenvalue weighted by molar-refractivity contribution is 0.949. The maximum Gasteiger partial charge on any atom is 0.179 e. The van der Waals surface area contributed by atoms with Gasteiger partial charge in [-0.1, -0.05) is 12.1 Å². The van der Waals surface area contributed by atoms with Crippen LogP contribution in [0, 0.1) is 6.92 Å². The van der Waals surface area contributed by atoms with Gasteiger partial charge in [0.15, 0.2) is 11.5 Å². The number of anilines is 4. The Morgan fingerprint density at radius 3 is 2.93 bits per heavy atom. The Hall–Kier alpha value is -3.13. The Morgan fingerprint density at radius 2 is 2.15 bits per heavy atom. The van der Waals surface area contributed by atoms with Gasteiger partial charge in [0.05, 0.1) is 22.6 Å². The minimum Gasteiger partial charge on any atom is -0.382 e. The molecule has 1 saturated carbocycles. The first kappa shape index (κ1) is 16.1. The van der Waals surface area contributed by atoms with Crippen molar-refractivity contribution >= 4 is 40.0 Å². The second-order valence-electron chi connectivity index (χ2n) is 6.74. The molecule has 7 nitrogen and oxygen atoms in total. The van der Waals surface area contributed by atoms with E-state index in [9.17, 15) is 0 Å². The van der Waals surface area contributed by atoms with Crippen molar-refractivity contribution in [3.05, 3.63) is 46.9 Å². The number of nitrogens with two attached hydrogens (primary N) is 1. The van der Waals surface area contributed by atoms with Gasteiger partial charge in [0.25, 0.3) is 0 Å². The standard InChI is InChI=1S/C19H19N7S/c1-11-22-16(10-27-11)12-3-2-4-14(7-12)24-18-8-15(23-13-5-6-13)19-21-9-17(20)26(19)25-18/h2-4,7-10,13,23H,5-6,20H2,1H3,(H,24,25). The van der Waals surface area contributed by atoms with Gasteiger partial charge in [0, 0.05) is 28.7 Å². The molecular weight excluding hydrogens is 358 g/mol. The van der Waals surface area contributed by atoms with E-state index in [1.165, 1.54) is 12.8 Å². The largest absolute Gasteiger partial charge is 0.382 e. The van der Waals surface area contributed by atoms with Crippen molar-refractivity contribution in [1.82, 2.24) is 19.6 Å². The topological polar surface area (TPSA) is 93.2 Å². The lowest BCUT2D eigenvalue weighted by Gasteiger charge is -2.11. The summed E-state index contributed by atoms with van der Waals surface area (Å²) in [6.07, 6.45) is 4.00. The van der Waals surface area contributed by atoms with Crippen LogP contribution in [0.4, 0.5) is 23.0 Å². The van der Waals surface area contributed by atoms with Gasteiger partial charge in [-0.15, -0.1) is 16.4 Å². The van der Waals surface area contributed by atoms with E-state index >= 15 is 0 Å². The van der Waals surface area contributed by atoms with Gasteiger partial charge in [-0.05, 0) is 31.9 Å². The van der Waals surface area contributed by atoms with Gasteiger partial charge < -0.3 is 16.4 Å².